The maximum atomic E-state index is 11.9. The average molecular weight is 297 g/mol. The molecule has 8 nitrogen and oxygen atoms in total. The summed E-state index contributed by atoms with van der Waals surface area (Å²) in [6.45, 7) is 3.34. The number of ether oxygens (including phenoxy) is 1. The van der Waals surface area contributed by atoms with Crippen LogP contribution in [-0.2, 0) is 9.53 Å². The van der Waals surface area contributed by atoms with Crippen LogP contribution in [0.3, 0.4) is 0 Å². The summed E-state index contributed by atoms with van der Waals surface area (Å²) >= 11 is 0. The Morgan fingerprint density at radius 3 is 2.33 bits per heavy atom. The molecule has 116 valence electrons. The first-order valence-corrected chi connectivity index (χ1v) is 6.63. The van der Waals surface area contributed by atoms with E-state index in [-0.39, 0.29) is 6.42 Å². The molecule has 0 aromatic rings. The maximum absolute atomic E-state index is 11.9. The van der Waals surface area contributed by atoms with Crippen molar-refractivity contribution in [1.82, 2.24) is 15.1 Å². The summed E-state index contributed by atoms with van der Waals surface area (Å²) in [5.74, 6) is 1.04. The number of amides is 3. The second-order valence-corrected chi connectivity index (χ2v) is 4.42. The van der Waals surface area contributed by atoms with Crippen LogP contribution in [0.1, 0.15) is 13.3 Å². The van der Waals surface area contributed by atoms with Gasteiger partial charge >= 0.3 is 18.1 Å². The van der Waals surface area contributed by atoms with E-state index < -0.39 is 24.1 Å². The fourth-order valence-electron chi connectivity index (χ4n) is 1.87. The Kier molecular flexibility index (Phi) is 6.33. The number of piperazine rings is 1. The molecule has 1 atom stereocenters. The lowest BCUT2D eigenvalue weighted by atomic mass is 10.2. The molecule has 0 saturated carbocycles. The molecule has 1 aliphatic heterocycles. The Morgan fingerprint density at radius 1 is 1.29 bits per heavy atom. The third kappa shape index (κ3) is 4.87. The van der Waals surface area contributed by atoms with Crippen molar-refractivity contribution in [2.24, 2.45) is 0 Å². The summed E-state index contributed by atoms with van der Waals surface area (Å²) in [5.41, 5.74) is 0. The number of urea groups is 1. The molecule has 8 heteroatoms. The van der Waals surface area contributed by atoms with Gasteiger partial charge in [0.25, 0.3) is 0 Å². The first kappa shape index (κ1) is 16.6. The van der Waals surface area contributed by atoms with Gasteiger partial charge in [0.1, 0.15) is 6.04 Å². The molecule has 0 aromatic carbocycles. The van der Waals surface area contributed by atoms with Crippen molar-refractivity contribution in [3.63, 3.8) is 0 Å². The van der Waals surface area contributed by atoms with Gasteiger partial charge in [0.2, 0.25) is 0 Å². The van der Waals surface area contributed by atoms with Crippen molar-refractivity contribution in [3.8, 4) is 12.3 Å². The first-order chi connectivity index (χ1) is 9.99. The normalized spacial score (nSPS) is 15.8. The third-order valence-electron chi connectivity index (χ3n) is 3.01. The quantitative estimate of drug-likeness (QED) is 0.709. The Hall–Kier alpha value is -2.43. The fourth-order valence-corrected chi connectivity index (χ4v) is 1.87. The molecule has 2 N–H and O–H groups in total. The van der Waals surface area contributed by atoms with Crippen LogP contribution in [0.4, 0.5) is 9.59 Å². The van der Waals surface area contributed by atoms with Crippen molar-refractivity contribution >= 4 is 18.1 Å². The zero-order chi connectivity index (χ0) is 15.8. The third-order valence-corrected chi connectivity index (χ3v) is 3.01. The minimum absolute atomic E-state index is 0.0795. The number of nitrogens with one attached hydrogen (secondary N) is 1. The van der Waals surface area contributed by atoms with Crippen LogP contribution >= 0.6 is 0 Å². The molecule has 1 aliphatic rings. The zero-order valence-corrected chi connectivity index (χ0v) is 11.9. The van der Waals surface area contributed by atoms with Crippen LogP contribution in [0.25, 0.3) is 0 Å². The largest absolute Gasteiger partial charge is 0.480 e. The average Bonchev–Trinajstić information content (AvgIpc) is 2.47. The number of hydrogen-bond donors (Lipinski definition) is 2. The second kappa shape index (κ2) is 7.99. The highest BCUT2D eigenvalue weighted by atomic mass is 16.6. The topological polar surface area (TPSA) is 99.2 Å². The van der Waals surface area contributed by atoms with Gasteiger partial charge < -0.3 is 25.0 Å². The number of nitrogens with zero attached hydrogens (tertiary/aromatic N) is 2. The molecule has 0 aromatic heterocycles. The second-order valence-electron chi connectivity index (χ2n) is 4.42. The molecule has 1 heterocycles. The van der Waals surface area contributed by atoms with Gasteiger partial charge in [-0.15, -0.1) is 12.3 Å². The molecule has 1 fully saturated rings. The molecule has 3 amide bonds. The lowest BCUT2D eigenvalue weighted by molar-refractivity contribution is -0.139. The minimum Gasteiger partial charge on any atom is -0.480 e. The number of carbonyl (C=O) groups is 3. The summed E-state index contributed by atoms with van der Waals surface area (Å²) in [6.07, 6.45) is 4.58. The van der Waals surface area contributed by atoms with Crippen LogP contribution < -0.4 is 5.32 Å². The predicted molar refractivity (Wildman–Crippen MR) is 73.6 cm³/mol. The Balaban J connectivity index is 2.46. The SMILES string of the molecule is C#CCC(NC(=O)N1CCN(C(=O)OCC)CC1)C(=O)O. The fraction of sp³-hybridized carbons (Fsp3) is 0.615. The van der Waals surface area contributed by atoms with E-state index in [2.05, 4.69) is 11.2 Å². The number of aliphatic carboxylic acids is 1. The molecule has 21 heavy (non-hydrogen) atoms. The van der Waals surface area contributed by atoms with Crippen molar-refractivity contribution < 1.29 is 24.2 Å². The monoisotopic (exact) mass is 297 g/mol. The molecule has 0 bridgehead atoms. The Morgan fingerprint density at radius 2 is 1.86 bits per heavy atom. The van der Waals surface area contributed by atoms with E-state index in [1.807, 2.05) is 0 Å². The Bertz CT molecular complexity index is 438. The van der Waals surface area contributed by atoms with Gasteiger partial charge in [-0.3, -0.25) is 0 Å². The Labute approximate surface area is 123 Å². The van der Waals surface area contributed by atoms with Gasteiger partial charge in [0.15, 0.2) is 0 Å². The van der Waals surface area contributed by atoms with Crippen LogP contribution in [0.5, 0.6) is 0 Å². The molecular weight excluding hydrogens is 278 g/mol. The number of terminal acetylenes is 1. The lowest BCUT2D eigenvalue weighted by Gasteiger charge is -2.34. The van der Waals surface area contributed by atoms with Crippen molar-refractivity contribution in [2.45, 2.75) is 19.4 Å². The number of carboxylic acid groups (broad SMARTS) is 1. The molecular formula is C13H19N3O5. The minimum atomic E-state index is -1.17. The lowest BCUT2D eigenvalue weighted by Crippen LogP contribution is -2.55. The smallest absolute Gasteiger partial charge is 0.409 e. The summed E-state index contributed by atoms with van der Waals surface area (Å²) in [4.78, 5) is 37.3. The van der Waals surface area contributed by atoms with Gasteiger partial charge in [0, 0.05) is 32.6 Å². The van der Waals surface area contributed by atoms with Gasteiger partial charge in [-0.2, -0.15) is 0 Å². The van der Waals surface area contributed by atoms with E-state index in [9.17, 15) is 14.4 Å². The van der Waals surface area contributed by atoms with Gasteiger partial charge in [-0.1, -0.05) is 0 Å². The van der Waals surface area contributed by atoms with Gasteiger partial charge in [-0.25, -0.2) is 14.4 Å². The van der Waals surface area contributed by atoms with E-state index >= 15 is 0 Å². The number of hydrogen-bond acceptors (Lipinski definition) is 4. The number of rotatable bonds is 4. The molecule has 1 saturated heterocycles. The summed E-state index contributed by atoms with van der Waals surface area (Å²) in [7, 11) is 0. The molecule has 1 rings (SSSR count). The summed E-state index contributed by atoms with van der Waals surface area (Å²) in [6, 6.07) is -1.60. The van der Waals surface area contributed by atoms with Gasteiger partial charge in [-0.05, 0) is 6.92 Å². The highest BCUT2D eigenvalue weighted by Gasteiger charge is 2.27. The first-order valence-electron chi connectivity index (χ1n) is 6.63. The van der Waals surface area contributed by atoms with Crippen LogP contribution in [0.15, 0.2) is 0 Å². The molecule has 1 unspecified atom stereocenters. The maximum Gasteiger partial charge on any atom is 0.409 e. The van der Waals surface area contributed by atoms with Gasteiger partial charge in [0.05, 0.1) is 6.61 Å². The van der Waals surface area contributed by atoms with Crippen LogP contribution in [-0.4, -0.2) is 71.8 Å². The summed E-state index contributed by atoms with van der Waals surface area (Å²) < 4.78 is 4.87. The molecule has 0 aliphatic carbocycles. The highest BCUT2D eigenvalue weighted by Crippen LogP contribution is 2.05. The van der Waals surface area contributed by atoms with E-state index in [1.54, 1.807) is 6.92 Å². The predicted octanol–water partition coefficient (Wildman–Crippen LogP) is -0.0534. The highest BCUT2D eigenvalue weighted by molar-refractivity contribution is 5.83. The number of carbonyl (C=O) groups excluding carboxylic acids is 2. The standard InChI is InChI=1S/C13H19N3O5/c1-3-5-10(11(17)18)14-12(19)15-6-8-16(9-7-15)13(20)21-4-2/h1,10H,4-9H2,2H3,(H,14,19)(H,17,18). The number of carboxylic acids is 1. The summed E-state index contributed by atoms with van der Waals surface area (Å²) in [5, 5.41) is 11.3. The zero-order valence-electron chi connectivity index (χ0n) is 11.9. The van der Waals surface area contributed by atoms with Crippen molar-refractivity contribution in [3.05, 3.63) is 0 Å². The van der Waals surface area contributed by atoms with E-state index in [1.165, 1.54) is 9.80 Å². The van der Waals surface area contributed by atoms with Crippen LogP contribution in [0, 0.1) is 12.3 Å². The van der Waals surface area contributed by atoms with E-state index in [0.717, 1.165) is 0 Å². The van der Waals surface area contributed by atoms with Crippen molar-refractivity contribution in [1.29, 1.82) is 0 Å². The van der Waals surface area contributed by atoms with E-state index in [0.29, 0.717) is 32.8 Å². The molecule has 0 radical (unpaired) electrons. The van der Waals surface area contributed by atoms with Crippen LogP contribution in [0.2, 0.25) is 0 Å². The van der Waals surface area contributed by atoms with E-state index in [4.69, 9.17) is 16.3 Å². The molecule has 0 spiro atoms. The van der Waals surface area contributed by atoms with Crippen molar-refractivity contribution in [2.75, 3.05) is 32.8 Å².